The summed E-state index contributed by atoms with van der Waals surface area (Å²) in [5.41, 5.74) is 0.394. The SMILES string of the molecule is COC(=O)Cn1c(=O)oc(=O)c2cccc(C)c21. The Morgan fingerprint density at radius 3 is 2.78 bits per heavy atom. The van der Waals surface area contributed by atoms with Gasteiger partial charge in [-0.15, -0.1) is 0 Å². The van der Waals surface area contributed by atoms with E-state index in [2.05, 4.69) is 9.15 Å². The van der Waals surface area contributed by atoms with Crippen LogP contribution in [-0.2, 0) is 16.1 Å². The van der Waals surface area contributed by atoms with Crippen LogP contribution in [-0.4, -0.2) is 17.6 Å². The van der Waals surface area contributed by atoms with Gasteiger partial charge in [0.2, 0.25) is 0 Å². The Labute approximate surface area is 101 Å². The Morgan fingerprint density at radius 1 is 1.39 bits per heavy atom. The number of fused-ring (bicyclic) bond motifs is 1. The number of nitrogens with zero attached hydrogens (tertiary/aromatic N) is 1. The molecule has 6 nitrogen and oxygen atoms in total. The highest BCUT2D eigenvalue weighted by molar-refractivity contribution is 5.82. The molecule has 0 saturated carbocycles. The van der Waals surface area contributed by atoms with E-state index in [-0.39, 0.29) is 11.9 Å². The topological polar surface area (TPSA) is 78.5 Å². The van der Waals surface area contributed by atoms with Crippen LogP contribution in [0.15, 0.2) is 32.2 Å². The van der Waals surface area contributed by atoms with Crippen LogP contribution in [0, 0.1) is 6.92 Å². The van der Waals surface area contributed by atoms with E-state index in [1.54, 1.807) is 25.1 Å². The van der Waals surface area contributed by atoms with Crippen molar-refractivity contribution >= 4 is 16.9 Å². The van der Waals surface area contributed by atoms with Crippen molar-refractivity contribution in [3.63, 3.8) is 0 Å². The number of methoxy groups -OCH3 is 1. The molecule has 0 fully saturated rings. The highest BCUT2D eigenvalue weighted by atomic mass is 16.5. The summed E-state index contributed by atoms with van der Waals surface area (Å²) in [6.45, 7) is 1.45. The van der Waals surface area contributed by atoms with E-state index >= 15 is 0 Å². The quantitative estimate of drug-likeness (QED) is 0.721. The molecular formula is C12H11NO5. The molecule has 94 valence electrons. The molecule has 1 aromatic carbocycles. The number of aromatic nitrogens is 1. The molecule has 0 aliphatic rings. The van der Waals surface area contributed by atoms with Gasteiger partial charge in [0.15, 0.2) is 0 Å². The minimum atomic E-state index is -0.868. The van der Waals surface area contributed by atoms with Gasteiger partial charge in [-0.3, -0.25) is 9.36 Å². The molecule has 0 aliphatic heterocycles. The summed E-state index contributed by atoms with van der Waals surface area (Å²) in [6.07, 6.45) is 0. The number of esters is 1. The molecule has 0 amide bonds. The van der Waals surface area contributed by atoms with Gasteiger partial charge in [0.1, 0.15) is 6.54 Å². The number of para-hydroxylation sites is 1. The fourth-order valence-electron chi connectivity index (χ4n) is 1.80. The summed E-state index contributed by atoms with van der Waals surface area (Å²) in [7, 11) is 1.22. The van der Waals surface area contributed by atoms with Crippen LogP contribution < -0.4 is 11.4 Å². The first kappa shape index (κ1) is 12.1. The summed E-state index contributed by atoms with van der Waals surface area (Å²) >= 11 is 0. The number of hydrogen-bond donors (Lipinski definition) is 0. The van der Waals surface area contributed by atoms with Crippen LogP contribution in [0.4, 0.5) is 0 Å². The van der Waals surface area contributed by atoms with Crippen molar-refractivity contribution in [1.82, 2.24) is 4.57 Å². The number of rotatable bonds is 2. The molecule has 0 spiro atoms. The number of hydrogen-bond acceptors (Lipinski definition) is 5. The maximum Gasteiger partial charge on any atom is 0.422 e. The Bertz CT molecular complexity index is 725. The molecule has 0 saturated heterocycles. The third-order valence-electron chi connectivity index (χ3n) is 2.64. The van der Waals surface area contributed by atoms with Crippen molar-refractivity contribution in [1.29, 1.82) is 0 Å². The molecule has 0 bridgehead atoms. The smallest absolute Gasteiger partial charge is 0.422 e. The number of aryl methyl sites for hydroxylation is 1. The third-order valence-corrected chi connectivity index (χ3v) is 2.64. The zero-order valence-electron chi connectivity index (χ0n) is 9.93. The molecule has 0 N–H and O–H groups in total. The molecule has 2 aromatic rings. The lowest BCUT2D eigenvalue weighted by molar-refractivity contribution is -0.141. The molecule has 18 heavy (non-hydrogen) atoms. The van der Waals surface area contributed by atoms with Gasteiger partial charge in [-0.05, 0) is 18.6 Å². The third kappa shape index (κ3) is 1.92. The second kappa shape index (κ2) is 4.48. The van der Waals surface area contributed by atoms with Gasteiger partial charge in [-0.25, -0.2) is 9.59 Å². The Balaban J connectivity index is 2.83. The summed E-state index contributed by atoms with van der Waals surface area (Å²) in [5.74, 6) is -1.46. The van der Waals surface area contributed by atoms with Gasteiger partial charge in [0.25, 0.3) is 0 Å². The van der Waals surface area contributed by atoms with Crippen molar-refractivity contribution in [2.75, 3.05) is 7.11 Å². The minimum absolute atomic E-state index is 0.263. The van der Waals surface area contributed by atoms with Crippen LogP contribution >= 0.6 is 0 Å². The number of ether oxygens (including phenoxy) is 1. The van der Waals surface area contributed by atoms with Crippen LogP contribution in [0.3, 0.4) is 0 Å². The molecule has 2 rings (SSSR count). The Kier molecular flexibility index (Phi) is 3.01. The van der Waals surface area contributed by atoms with E-state index in [0.717, 1.165) is 4.57 Å². The van der Waals surface area contributed by atoms with Crippen LogP contribution in [0.1, 0.15) is 5.56 Å². The monoisotopic (exact) mass is 249 g/mol. The molecule has 6 heteroatoms. The summed E-state index contributed by atoms with van der Waals surface area (Å²) in [6, 6.07) is 4.97. The van der Waals surface area contributed by atoms with Gasteiger partial charge >= 0.3 is 17.4 Å². The number of benzene rings is 1. The second-order valence-corrected chi connectivity index (χ2v) is 3.79. The first-order chi connectivity index (χ1) is 8.54. The first-order valence-corrected chi connectivity index (χ1v) is 5.24. The van der Waals surface area contributed by atoms with Crippen LogP contribution in [0.25, 0.3) is 10.9 Å². The van der Waals surface area contributed by atoms with Crippen molar-refractivity contribution in [2.45, 2.75) is 13.5 Å². The Hall–Kier alpha value is -2.37. The predicted molar refractivity (Wildman–Crippen MR) is 63.5 cm³/mol. The lowest BCUT2D eigenvalue weighted by Gasteiger charge is -2.08. The fraction of sp³-hybridized carbons (Fsp3) is 0.250. The fourth-order valence-corrected chi connectivity index (χ4v) is 1.80. The van der Waals surface area contributed by atoms with E-state index < -0.39 is 17.4 Å². The van der Waals surface area contributed by atoms with E-state index in [1.165, 1.54) is 7.11 Å². The highest BCUT2D eigenvalue weighted by Gasteiger charge is 2.14. The van der Waals surface area contributed by atoms with E-state index in [9.17, 15) is 14.4 Å². The standard InChI is InChI=1S/C12H11NO5/c1-7-4-3-5-8-10(7)13(6-9(14)17-2)12(16)18-11(8)15/h3-5H,6H2,1-2H3. The van der Waals surface area contributed by atoms with Crippen LogP contribution in [0.2, 0.25) is 0 Å². The molecule has 1 aromatic heterocycles. The van der Waals surface area contributed by atoms with E-state index in [4.69, 9.17) is 0 Å². The predicted octanol–water partition coefficient (Wildman–Crippen LogP) is 0.436. The van der Waals surface area contributed by atoms with Crippen molar-refractivity contribution in [3.05, 3.63) is 44.7 Å². The maximum absolute atomic E-state index is 11.6. The zero-order valence-corrected chi connectivity index (χ0v) is 9.93. The molecule has 0 atom stereocenters. The zero-order chi connectivity index (χ0) is 13.3. The number of carbonyl (C=O) groups is 1. The van der Waals surface area contributed by atoms with E-state index in [1.807, 2.05) is 0 Å². The second-order valence-electron chi connectivity index (χ2n) is 3.79. The highest BCUT2D eigenvalue weighted by Crippen LogP contribution is 2.13. The summed E-state index contributed by atoms with van der Waals surface area (Å²) in [4.78, 5) is 34.5. The number of carbonyl (C=O) groups excluding carboxylic acids is 1. The average Bonchev–Trinajstić information content (AvgIpc) is 2.34. The molecule has 0 aliphatic carbocycles. The van der Waals surface area contributed by atoms with Crippen LogP contribution in [0.5, 0.6) is 0 Å². The summed E-state index contributed by atoms with van der Waals surface area (Å²) in [5, 5.41) is 0.263. The average molecular weight is 249 g/mol. The van der Waals surface area contributed by atoms with Crippen molar-refractivity contribution < 1.29 is 13.9 Å². The van der Waals surface area contributed by atoms with Crippen molar-refractivity contribution in [2.24, 2.45) is 0 Å². The first-order valence-electron chi connectivity index (χ1n) is 5.24. The van der Waals surface area contributed by atoms with Gasteiger partial charge in [0, 0.05) is 0 Å². The molecule has 1 heterocycles. The lowest BCUT2D eigenvalue weighted by Crippen LogP contribution is -2.28. The maximum atomic E-state index is 11.6. The normalized spacial score (nSPS) is 10.6. The molecule has 0 radical (unpaired) electrons. The van der Waals surface area contributed by atoms with Gasteiger partial charge < -0.3 is 9.15 Å². The Morgan fingerprint density at radius 2 is 2.11 bits per heavy atom. The molecule has 0 unspecified atom stereocenters. The summed E-state index contributed by atoms with van der Waals surface area (Å²) < 4.78 is 10.2. The largest absolute Gasteiger partial charge is 0.468 e. The van der Waals surface area contributed by atoms with Gasteiger partial charge in [0.05, 0.1) is 18.0 Å². The lowest BCUT2D eigenvalue weighted by atomic mass is 10.1. The van der Waals surface area contributed by atoms with E-state index in [0.29, 0.717) is 11.1 Å². The minimum Gasteiger partial charge on any atom is -0.468 e. The molecular weight excluding hydrogens is 238 g/mol. The van der Waals surface area contributed by atoms with Gasteiger partial charge in [-0.2, -0.15) is 0 Å². The van der Waals surface area contributed by atoms with Crippen molar-refractivity contribution in [3.8, 4) is 0 Å². The van der Waals surface area contributed by atoms with Gasteiger partial charge in [-0.1, -0.05) is 12.1 Å².